The van der Waals surface area contributed by atoms with Crippen LogP contribution in [0.4, 0.5) is 5.13 Å². The van der Waals surface area contributed by atoms with Gasteiger partial charge in [-0.25, -0.2) is 9.78 Å². The van der Waals surface area contributed by atoms with Gasteiger partial charge in [0.15, 0.2) is 28.4 Å². The Morgan fingerprint density at radius 1 is 0.838 bits per heavy atom. The number of phenols is 2. The lowest BCUT2D eigenvalue weighted by Gasteiger charge is -2.51. The molecule has 0 spiro atoms. The molecule has 2 amide bonds. The highest BCUT2D eigenvalue weighted by Crippen LogP contribution is 2.44. The first-order chi connectivity index (χ1) is 36.0. The van der Waals surface area contributed by atoms with Crippen molar-refractivity contribution in [2.75, 3.05) is 31.3 Å². The third-order valence-corrected chi connectivity index (χ3v) is 15.7. The summed E-state index contributed by atoms with van der Waals surface area (Å²) in [5, 5.41) is 45.4. The maximum absolute atomic E-state index is 14.6. The van der Waals surface area contributed by atoms with Gasteiger partial charge in [-0.15, -0.1) is 23.1 Å². The molecule has 0 aliphatic carbocycles. The maximum atomic E-state index is 14.6. The summed E-state index contributed by atoms with van der Waals surface area (Å²) in [5.41, 5.74) is 4.77. The molecule has 10 rings (SSSR count). The number of nitrogens with zero attached hydrogens (tertiary/aromatic N) is 3. The highest BCUT2D eigenvalue weighted by molar-refractivity contribution is 8.00. The molecule has 374 valence electrons. The summed E-state index contributed by atoms with van der Waals surface area (Å²) >= 11 is 2.50. The van der Waals surface area contributed by atoms with Gasteiger partial charge in [0.25, 0.3) is 11.8 Å². The summed E-state index contributed by atoms with van der Waals surface area (Å²) in [6.07, 6.45) is 0.121. The van der Waals surface area contributed by atoms with Gasteiger partial charge in [0.05, 0.1) is 25.3 Å². The number of carboxylic acids is 1. The summed E-state index contributed by atoms with van der Waals surface area (Å²) in [5.74, 6) is -4.13. The van der Waals surface area contributed by atoms with Gasteiger partial charge < -0.3 is 45.2 Å². The van der Waals surface area contributed by atoms with Crippen LogP contribution >= 0.6 is 23.1 Å². The molecule has 1 saturated heterocycles. The molecule has 3 unspecified atom stereocenters. The molecule has 7 aromatic rings. The molecule has 0 bridgehead atoms. The summed E-state index contributed by atoms with van der Waals surface area (Å²) < 4.78 is 5.95. The van der Waals surface area contributed by atoms with Gasteiger partial charge >= 0.3 is 5.97 Å². The first kappa shape index (κ1) is 49.3. The number of quaternary nitrogens is 1. The van der Waals surface area contributed by atoms with Gasteiger partial charge in [0.2, 0.25) is 6.61 Å². The van der Waals surface area contributed by atoms with Crippen molar-refractivity contribution in [3.05, 3.63) is 225 Å². The number of hydrogen-bond acceptors (Lipinski definition) is 14. The standard InChI is InChI=1S/C57H50N6O9S2/c1-62-28-27-37-30-45(64)46(65)31-42(37)44(62)29-38-33-73-54-49(53(68)63(54)50(38)55(69)70)59-52(67)48(61-71-32-47(66)72-51(35-17-7-2-8-18-35)36-19-9-3-10-20-36)43-34-74-56(58-43)60-57(39-21-11-4-12-22-39,40-23-13-5-14-24-40)41-25-15-6-16-26-41/h2-26,30-31,34,44,49,51,54,64-65H,27-29,32-33H2,1H3,(H,58,60)(H,59,67)(H,69,70)/b61-48-/t44?,49?,54-/m1/s1. The molecule has 1 aromatic heterocycles. The first-order valence-electron chi connectivity index (χ1n) is 24.0. The third kappa shape index (κ3) is 9.84. The number of carboxylic acid groups (broad SMARTS) is 1. The third-order valence-electron chi connectivity index (χ3n) is 13.6. The number of nitrogens with one attached hydrogen (secondary N) is 3. The number of esters is 1. The number of aliphatic carboxylic acids is 1. The fourth-order valence-electron chi connectivity index (χ4n) is 10.0. The fraction of sp³-hybridized carbons (Fsp3) is 0.193. The highest BCUT2D eigenvalue weighted by Gasteiger charge is 2.53. The van der Waals surface area contributed by atoms with E-state index in [1.54, 1.807) is 5.38 Å². The molecule has 6 aromatic carbocycles. The Morgan fingerprint density at radius 2 is 1.39 bits per heavy atom. The number of likely N-dealkylation sites (N-methyl/N-ethyl adjacent to an activating group) is 1. The van der Waals surface area contributed by atoms with Crippen molar-refractivity contribution in [1.82, 2.24) is 15.2 Å². The number of ether oxygens (including phenoxy) is 1. The molecule has 4 atom stereocenters. The number of amides is 2. The molecule has 0 radical (unpaired) electrons. The number of thiazole rings is 1. The smallest absolute Gasteiger partial charge is 0.347 e. The number of β-lactam (4-membered cyclic amide) rings is 1. The van der Waals surface area contributed by atoms with Crippen LogP contribution in [0.25, 0.3) is 0 Å². The zero-order valence-electron chi connectivity index (χ0n) is 39.9. The minimum atomic E-state index is -1.53. The number of hydrogen-bond donors (Lipinski definition) is 5. The Kier molecular flexibility index (Phi) is 14.3. The van der Waals surface area contributed by atoms with E-state index in [0.717, 1.165) is 48.7 Å². The molecule has 3 aliphatic heterocycles. The number of carbonyl (C=O) groups is 4. The van der Waals surface area contributed by atoms with E-state index in [-0.39, 0.29) is 46.8 Å². The lowest BCUT2D eigenvalue weighted by molar-refractivity contribution is -0.914. The normalized spacial score (nSPS) is 18.4. The minimum Gasteiger partial charge on any atom is -0.543 e. The molecule has 17 heteroatoms. The predicted molar refractivity (Wildman–Crippen MR) is 278 cm³/mol. The van der Waals surface area contributed by atoms with Gasteiger partial charge in [-0.05, 0) is 51.1 Å². The van der Waals surface area contributed by atoms with E-state index in [1.165, 1.54) is 35.2 Å². The van der Waals surface area contributed by atoms with Crippen molar-refractivity contribution >= 4 is 57.7 Å². The zero-order chi connectivity index (χ0) is 51.3. The average Bonchev–Trinajstić information content (AvgIpc) is 3.90. The molecule has 74 heavy (non-hydrogen) atoms. The Balaban J connectivity index is 0.944. The molecule has 5 N–H and O–H groups in total. The van der Waals surface area contributed by atoms with E-state index in [9.17, 15) is 34.5 Å². The number of benzene rings is 6. The Morgan fingerprint density at radius 3 is 1.96 bits per heavy atom. The summed E-state index contributed by atoms with van der Waals surface area (Å²) in [7, 11) is 1.97. The van der Waals surface area contributed by atoms with Gasteiger partial charge in [-0.2, -0.15) is 0 Å². The van der Waals surface area contributed by atoms with Crippen LogP contribution in [0.2, 0.25) is 0 Å². The topological polar surface area (TPSA) is 207 Å². The largest absolute Gasteiger partial charge is 0.543 e. The van der Waals surface area contributed by atoms with Crippen LogP contribution in [0.15, 0.2) is 186 Å². The van der Waals surface area contributed by atoms with Crippen molar-refractivity contribution in [2.45, 2.75) is 41.9 Å². The van der Waals surface area contributed by atoms with E-state index < -0.39 is 53.4 Å². The summed E-state index contributed by atoms with van der Waals surface area (Å²) in [6.45, 7) is 0.00510. The van der Waals surface area contributed by atoms with Gasteiger partial charge in [0, 0.05) is 29.5 Å². The van der Waals surface area contributed by atoms with E-state index in [0.29, 0.717) is 23.7 Å². The van der Waals surface area contributed by atoms with Crippen molar-refractivity contribution in [3.63, 3.8) is 0 Å². The molecule has 4 heterocycles. The second-order valence-corrected chi connectivity index (χ2v) is 20.1. The molecule has 15 nitrogen and oxygen atoms in total. The van der Waals surface area contributed by atoms with E-state index in [1.807, 2.05) is 159 Å². The molecule has 3 aliphatic rings. The van der Waals surface area contributed by atoms with Crippen molar-refractivity contribution in [3.8, 4) is 11.5 Å². The van der Waals surface area contributed by atoms with Crippen LogP contribution in [0.5, 0.6) is 11.5 Å². The van der Waals surface area contributed by atoms with Crippen LogP contribution in [0.1, 0.15) is 63.2 Å². The Bertz CT molecular complexity index is 3120. The highest BCUT2D eigenvalue weighted by atomic mass is 32.2. The monoisotopic (exact) mass is 1030 g/mol. The van der Waals surface area contributed by atoms with E-state index in [2.05, 4.69) is 15.8 Å². The van der Waals surface area contributed by atoms with Crippen molar-refractivity contribution in [1.29, 1.82) is 0 Å². The summed E-state index contributed by atoms with van der Waals surface area (Å²) in [4.78, 5) is 68.0. The second-order valence-electron chi connectivity index (χ2n) is 18.2. The van der Waals surface area contributed by atoms with E-state index in [4.69, 9.17) is 14.6 Å². The maximum Gasteiger partial charge on any atom is 0.347 e. The van der Waals surface area contributed by atoms with E-state index >= 15 is 0 Å². The number of aromatic nitrogens is 1. The van der Waals surface area contributed by atoms with Gasteiger partial charge in [0.1, 0.15) is 28.7 Å². The first-order valence-corrected chi connectivity index (χ1v) is 25.9. The van der Waals surface area contributed by atoms with Gasteiger partial charge in [-0.1, -0.05) is 157 Å². The second kappa shape index (κ2) is 21.5. The van der Waals surface area contributed by atoms with Crippen molar-refractivity contribution < 1.29 is 49.0 Å². The van der Waals surface area contributed by atoms with Crippen LogP contribution in [0.3, 0.4) is 0 Å². The fourth-order valence-corrected chi connectivity index (χ4v) is 12.1. The van der Waals surface area contributed by atoms with Crippen LogP contribution in [0, 0.1) is 0 Å². The zero-order valence-corrected chi connectivity index (χ0v) is 41.6. The number of fused-ring (bicyclic) bond motifs is 2. The number of aromatic hydroxyl groups is 2. The quantitative estimate of drug-likeness (QED) is 0.0188. The number of thioether (sulfide) groups is 1. The lowest BCUT2D eigenvalue weighted by Crippen LogP contribution is -3.10. The number of oxime groups is 1. The van der Waals surface area contributed by atoms with Gasteiger partial charge in [-0.3, -0.25) is 14.5 Å². The molecular weight excluding hydrogens is 977 g/mol. The predicted octanol–water partition coefficient (Wildman–Crippen LogP) is 5.62. The number of carbonyl (C=O) groups excluding carboxylic acids is 4. The number of phenolic OH excluding ortho intramolecular Hbond substituents is 2. The molecule has 0 saturated carbocycles. The lowest BCUT2D eigenvalue weighted by atomic mass is 9.77. The molecule has 1 fully saturated rings. The Labute approximate surface area is 434 Å². The molecular formula is C57H50N6O9S2. The minimum absolute atomic E-state index is 0.0640. The average molecular weight is 1030 g/mol. The number of rotatable bonds is 17. The Hall–Kier alpha value is -8.25. The number of anilines is 1. The van der Waals surface area contributed by atoms with Crippen LogP contribution in [-0.2, 0) is 40.7 Å². The SMILES string of the molecule is C[NH+]1CCc2cc(O)c(O)cc2C1CC1=C(C(=O)[O-])N2C(=O)C(NC(=O)/C(=N\OCC(=O)OC(c3ccccc3)c3ccccc3)c3csc(NC(c4ccccc4)(c4ccccc4)c4ccccc4)n3)[C@H]2SC1. The van der Waals surface area contributed by atoms with Crippen LogP contribution in [-0.4, -0.2) is 86.9 Å². The summed E-state index contributed by atoms with van der Waals surface area (Å²) in [6, 6.07) is 49.7. The van der Waals surface area contributed by atoms with Crippen LogP contribution < -0.4 is 20.6 Å². The van der Waals surface area contributed by atoms with Crippen molar-refractivity contribution in [2.24, 2.45) is 5.16 Å².